The van der Waals surface area contributed by atoms with Crippen LogP contribution in [0.3, 0.4) is 0 Å². The van der Waals surface area contributed by atoms with E-state index in [1.54, 1.807) is 0 Å². The van der Waals surface area contributed by atoms with Crippen molar-refractivity contribution in [2.24, 2.45) is 5.41 Å². The Morgan fingerprint density at radius 1 is 1.38 bits per heavy atom. The van der Waals surface area contributed by atoms with Crippen LogP contribution >= 0.6 is 15.9 Å². The Labute approximate surface area is 107 Å². The molecule has 0 aromatic heterocycles. The Morgan fingerprint density at radius 2 is 2.00 bits per heavy atom. The van der Waals surface area contributed by atoms with E-state index in [4.69, 9.17) is 4.74 Å². The first-order valence-corrected chi connectivity index (χ1v) is 6.17. The van der Waals surface area contributed by atoms with E-state index in [1.807, 2.05) is 12.1 Å². The zero-order valence-electron chi connectivity index (χ0n) is 10.4. The second kappa shape index (κ2) is 5.05. The predicted molar refractivity (Wildman–Crippen MR) is 73.3 cm³/mol. The zero-order chi connectivity index (χ0) is 12.3. The summed E-state index contributed by atoms with van der Waals surface area (Å²) in [4.78, 5) is 0. The summed E-state index contributed by atoms with van der Waals surface area (Å²) in [5.74, 6) is 0.750. The van der Waals surface area contributed by atoms with E-state index in [-0.39, 0.29) is 5.41 Å². The first kappa shape index (κ1) is 13.3. The molecule has 0 bridgehead atoms. The van der Waals surface area contributed by atoms with E-state index >= 15 is 0 Å². The van der Waals surface area contributed by atoms with Gasteiger partial charge in [0.1, 0.15) is 5.76 Å². The molecule has 1 rings (SSSR count). The monoisotopic (exact) mass is 282 g/mol. The van der Waals surface area contributed by atoms with E-state index in [9.17, 15) is 0 Å². The molecule has 0 heterocycles. The molecule has 0 saturated carbocycles. The highest BCUT2D eigenvalue weighted by Gasteiger charge is 2.12. The van der Waals surface area contributed by atoms with Gasteiger partial charge in [-0.2, -0.15) is 0 Å². The minimum absolute atomic E-state index is 0.159. The molecule has 0 aliphatic heterocycles. The average Bonchev–Trinajstić information content (AvgIpc) is 2.13. The van der Waals surface area contributed by atoms with Crippen LogP contribution in [-0.4, -0.2) is 6.61 Å². The van der Waals surface area contributed by atoms with Crippen LogP contribution in [0.2, 0.25) is 0 Å². The first-order valence-electron chi connectivity index (χ1n) is 5.38. The smallest absolute Gasteiger partial charge is 0.119 e. The summed E-state index contributed by atoms with van der Waals surface area (Å²) >= 11 is 3.45. The molecule has 1 aromatic carbocycles. The lowest BCUT2D eigenvalue weighted by Crippen LogP contribution is -2.14. The second-order valence-electron chi connectivity index (χ2n) is 5.23. The third-order valence-electron chi connectivity index (χ3n) is 2.17. The number of halogens is 1. The van der Waals surface area contributed by atoms with Crippen molar-refractivity contribution in [3.05, 3.63) is 40.4 Å². The largest absolute Gasteiger partial charge is 0.493 e. The number of hydrogen-bond acceptors (Lipinski definition) is 1. The van der Waals surface area contributed by atoms with Crippen LogP contribution in [0.5, 0.6) is 0 Å². The Kier molecular flexibility index (Phi) is 4.20. The Balaban J connectivity index is 2.74. The molecule has 1 nitrogen and oxygen atoms in total. The van der Waals surface area contributed by atoms with Gasteiger partial charge in [-0.25, -0.2) is 0 Å². The lowest BCUT2D eigenvalue weighted by molar-refractivity contribution is 0.170. The molecular formula is C14H19BrO. The molecule has 1 aromatic rings. The van der Waals surface area contributed by atoms with E-state index in [1.165, 1.54) is 5.56 Å². The Bertz CT molecular complexity index is 388. The van der Waals surface area contributed by atoms with Crippen molar-refractivity contribution < 1.29 is 4.74 Å². The lowest BCUT2D eigenvalue weighted by atomic mass is 9.98. The van der Waals surface area contributed by atoms with Gasteiger partial charge in [0.25, 0.3) is 0 Å². The fourth-order valence-corrected chi connectivity index (χ4v) is 1.80. The van der Waals surface area contributed by atoms with Crippen molar-refractivity contribution in [1.29, 1.82) is 0 Å². The Hall–Kier alpha value is -0.760. The van der Waals surface area contributed by atoms with E-state index in [0.29, 0.717) is 6.61 Å². The van der Waals surface area contributed by atoms with Crippen molar-refractivity contribution in [3.63, 3.8) is 0 Å². The average molecular weight is 283 g/mol. The topological polar surface area (TPSA) is 9.23 Å². The van der Waals surface area contributed by atoms with Gasteiger partial charge in [-0.3, -0.25) is 0 Å². The lowest BCUT2D eigenvalue weighted by Gasteiger charge is -2.20. The van der Waals surface area contributed by atoms with Crippen molar-refractivity contribution in [3.8, 4) is 0 Å². The summed E-state index contributed by atoms with van der Waals surface area (Å²) in [7, 11) is 0. The third kappa shape index (κ3) is 4.01. The molecule has 0 amide bonds. The molecule has 0 aliphatic carbocycles. The van der Waals surface area contributed by atoms with Crippen LogP contribution in [0.4, 0.5) is 0 Å². The number of benzene rings is 1. The maximum Gasteiger partial charge on any atom is 0.119 e. The number of hydrogen-bond donors (Lipinski definition) is 0. The maximum absolute atomic E-state index is 5.70. The summed E-state index contributed by atoms with van der Waals surface area (Å²) in [5, 5.41) is 0. The van der Waals surface area contributed by atoms with Gasteiger partial charge in [-0.15, -0.1) is 0 Å². The quantitative estimate of drug-likeness (QED) is 0.725. The minimum atomic E-state index is 0.159. The first-order chi connectivity index (χ1) is 7.29. The number of ether oxygens (including phenoxy) is 1. The van der Waals surface area contributed by atoms with Crippen molar-refractivity contribution in [2.45, 2.75) is 27.7 Å². The molecule has 2 heteroatoms. The number of rotatable bonds is 3. The van der Waals surface area contributed by atoms with Crippen LogP contribution in [0.1, 0.15) is 31.9 Å². The molecule has 0 fully saturated rings. The maximum atomic E-state index is 5.70. The fraction of sp³-hybridized carbons (Fsp3) is 0.429. The molecule has 0 radical (unpaired) electrons. The highest BCUT2D eigenvalue weighted by atomic mass is 79.9. The summed E-state index contributed by atoms with van der Waals surface area (Å²) in [6, 6.07) is 6.11. The molecule has 0 spiro atoms. The van der Waals surface area contributed by atoms with Gasteiger partial charge in [0, 0.05) is 10.0 Å². The number of aryl methyl sites for hydroxylation is 1. The van der Waals surface area contributed by atoms with Crippen molar-refractivity contribution >= 4 is 21.7 Å². The highest BCUT2D eigenvalue weighted by molar-refractivity contribution is 9.10. The zero-order valence-corrected chi connectivity index (χ0v) is 12.0. The summed E-state index contributed by atoms with van der Waals surface area (Å²) < 4.78 is 6.78. The molecule has 0 unspecified atom stereocenters. The fourth-order valence-electron chi connectivity index (χ4n) is 1.32. The van der Waals surface area contributed by atoms with E-state index < -0.39 is 0 Å². The standard InChI is InChI=1S/C14H19BrO/c1-10-8-12(15)6-7-13(10)11(2)16-9-14(3,4)5/h6-8H,2,9H2,1,3-5H3. The van der Waals surface area contributed by atoms with E-state index in [2.05, 4.69) is 56.3 Å². The molecular weight excluding hydrogens is 264 g/mol. The normalized spacial score (nSPS) is 11.3. The molecule has 0 N–H and O–H groups in total. The van der Waals surface area contributed by atoms with Gasteiger partial charge >= 0.3 is 0 Å². The Morgan fingerprint density at radius 3 is 2.50 bits per heavy atom. The summed E-state index contributed by atoms with van der Waals surface area (Å²) in [6.45, 7) is 13.2. The van der Waals surface area contributed by atoms with Gasteiger partial charge in [0.05, 0.1) is 6.61 Å². The van der Waals surface area contributed by atoms with Crippen LogP contribution in [-0.2, 0) is 4.74 Å². The van der Waals surface area contributed by atoms with E-state index in [0.717, 1.165) is 15.8 Å². The predicted octanol–water partition coefficient (Wildman–Crippen LogP) is 4.79. The van der Waals surface area contributed by atoms with Crippen molar-refractivity contribution in [1.82, 2.24) is 0 Å². The van der Waals surface area contributed by atoms with Crippen LogP contribution in [0.25, 0.3) is 5.76 Å². The molecule has 0 saturated heterocycles. The van der Waals surface area contributed by atoms with Crippen LogP contribution in [0, 0.1) is 12.3 Å². The van der Waals surface area contributed by atoms with Crippen LogP contribution in [0.15, 0.2) is 29.3 Å². The van der Waals surface area contributed by atoms with Gasteiger partial charge in [-0.1, -0.05) is 43.3 Å². The highest BCUT2D eigenvalue weighted by Crippen LogP contribution is 2.24. The molecule has 0 atom stereocenters. The van der Waals surface area contributed by atoms with Gasteiger partial charge in [0.15, 0.2) is 0 Å². The van der Waals surface area contributed by atoms with Gasteiger partial charge < -0.3 is 4.74 Å². The molecule has 16 heavy (non-hydrogen) atoms. The molecule has 0 aliphatic rings. The SMILES string of the molecule is C=C(OCC(C)(C)C)c1ccc(Br)cc1C. The summed E-state index contributed by atoms with van der Waals surface area (Å²) in [6.07, 6.45) is 0. The van der Waals surface area contributed by atoms with Crippen LogP contribution < -0.4 is 0 Å². The van der Waals surface area contributed by atoms with Gasteiger partial charge in [0.2, 0.25) is 0 Å². The molecule has 88 valence electrons. The van der Waals surface area contributed by atoms with Crippen molar-refractivity contribution in [2.75, 3.05) is 6.61 Å². The summed E-state index contributed by atoms with van der Waals surface area (Å²) in [5.41, 5.74) is 2.41. The second-order valence-corrected chi connectivity index (χ2v) is 6.15. The minimum Gasteiger partial charge on any atom is -0.493 e. The third-order valence-corrected chi connectivity index (χ3v) is 2.66. The van der Waals surface area contributed by atoms with Gasteiger partial charge in [-0.05, 0) is 36.1 Å².